The van der Waals surface area contributed by atoms with E-state index in [1.807, 2.05) is 0 Å². The molecule has 0 spiro atoms. The number of benzene rings is 1. The molecule has 102 valence electrons. The topological polar surface area (TPSA) is 47.3 Å². The lowest BCUT2D eigenvalue weighted by Crippen LogP contribution is -2.33. The van der Waals surface area contributed by atoms with Gasteiger partial charge in [0.15, 0.2) is 0 Å². The van der Waals surface area contributed by atoms with Crippen LogP contribution in [-0.2, 0) is 17.7 Å². The van der Waals surface area contributed by atoms with Gasteiger partial charge in [0.1, 0.15) is 0 Å². The van der Waals surface area contributed by atoms with Gasteiger partial charge in [-0.1, -0.05) is 31.2 Å². The minimum atomic E-state index is 0.392. The maximum absolute atomic E-state index is 5.56. The van der Waals surface area contributed by atoms with E-state index in [4.69, 9.17) is 10.5 Å². The Balaban J connectivity index is 2.49. The van der Waals surface area contributed by atoms with Crippen LogP contribution in [0.3, 0.4) is 0 Å². The Hall–Kier alpha value is -0.900. The van der Waals surface area contributed by atoms with Gasteiger partial charge in [-0.25, -0.2) is 0 Å². The Morgan fingerprint density at radius 2 is 2.00 bits per heavy atom. The van der Waals surface area contributed by atoms with Gasteiger partial charge in [-0.05, 0) is 36.9 Å². The normalized spacial score (nSPS) is 12.6. The molecule has 0 bridgehead atoms. The summed E-state index contributed by atoms with van der Waals surface area (Å²) in [4.78, 5) is 0. The van der Waals surface area contributed by atoms with Crippen LogP contribution < -0.4 is 11.1 Å². The third-order valence-corrected chi connectivity index (χ3v) is 3.21. The molecule has 18 heavy (non-hydrogen) atoms. The molecular weight excluding hydrogens is 224 g/mol. The summed E-state index contributed by atoms with van der Waals surface area (Å²) in [7, 11) is 1.75. The molecule has 1 unspecified atom stereocenters. The average Bonchev–Trinajstić information content (AvgIpc) is 2.42. The molecule has 0 amide bonds. The lowest BCUT2D eigenvalue weighted by molar-refractivity contribution is 0.161. The summed E-state index contributed by atoms with van der Waals surface area (Å²) in [5.41, 5.74) is 8.36. The molecule has 0 saturated heterocycles. The maximum atomic E-state index is 5.56. The van der Waals surface area contributed by atoms with Crippen molar-refractivity contribution in [2.75, 3.05) is 20.3 Å². The highest BCUT2D eigenvalue weighted by Gasteiger charge is 2.08. The predicted molar refractivity (Wildman–Crippen MR) is 76.6 cm³/mol. The van der Waals surface area contributed by atoms with Gasteiger partial charge in [0.2, 0.25) is 0 Å². The highest BCUT2D eigenvalue weighted by Crippen LogP contribution is 2.10. The molecule has 0 aromatic heterocycles. The van der Waals surface area contributed by atoms with Crippen LogP contribution in [0.25, 0.3) is 0 Å². The van der Waals surface area contributed by atoms with Gasteiger partial charge in [-0.3, -0.25) is 0 Å². The number of rotatable bonds is 9. The quantitative estimate of drug-likeness (QED) is 0.705. The molecule has 3 heteroatoms. The molecule has 0 radical (unpaired) electrons. The Morgan fingerprint density at radius 3 is 2.61 bits per heavy atom. The van der Waals surface area contributed by atoms with E-state index < -0.39 is 0 Å². The zero-order valence-corrected chi connectivity index (χ0v) is 11.6. The van der Waals surface area contributed by atoms with Gasteiger partial charge in [0.05, 0.1) is 6.61 Å². The van der Waals surface area contributed by atoms with Crippen molar-refractivity contribution in [2.45, 2.75) is 38.8 Å². The van der Waals surface area contributed by atoms with Crippen LogP contribution in [0.4, 0.5) is 0 Å². The average molecular weight is 250 g/mol. The molecule has 0 aliphatic heterocycles. The molecule has 0 heterocycles. The number of nitrogens with two attached hydrogens (primary N) is 1. The molecule has 1 aromatic rings. The number of hydrogen-bond donors (Lipinski definition) is 2. The summed E-state index contributed by atoms with van der Waals surface area (Å²) >= 11 is 0. The van der Waals surface area contributed by atoms with Crippen molar-refractivity contribution in [3.8, 4) is 0 Å². The van der Waals surface area contributed by atoms with Gasteiger partial charge >= 0.3 is 0 Å². The predicted octanol–water partition coefficient (Wildman–Crippen LogP) is 2.09. The van der Waals surface area contributed by atoms with Crippen LogP contribution >= 0.6 is 0 Å². The van der Waals surface area contributed by atoms with E-state index in [9.17, 15) is 0 Å². The lowest BCUT2D eigenvalue weighted by Gasteiger charge is -2.18. The van der Waals surface area contributed by atoms with Crippen molar-refractivity contribution in [3.05, 3.63) is 35.4 Å². The minimum Gasteiger partial charge on any atom is -0.383 e. The Kier molecular flexibility index (Phi) is 7.65. The first-order valence-electron chi connectivity index (χ1n) is 6.81. The smallest absolute Gasteiger partial charge is 0.0615 e. The standard InChI is InChI=1S/C15H26N2O/c1-3-13-7-4-5-8-14(13)11-17-15(12-18-2)9-6-10-16/h4-5,7-8,15,17H,3,6,9-12,16H2,1-2H3. The minimum absolute atomic E-state index is 0.392. The maximum Gasteiger partial charge on any atom is 0.0615 e. The number of nitrogens with one attached hydrogen (secondary N) is 1. The number of ether oxygens (including phenoxy) is 1. The zero-order valence-electron chi connectivity index (χ0n) is 11.6. The first-order valence-corrected chi connectivity index (χ1v) is 6.81. The van der Waals surface area contributed by atoms with Crippen molar-refractivity contribution in [3.63, 3.8) is 0 Å². The molecule has 0 fully saturated rings. The number of aryl methyl sites for hydroxylation is 1. The Bertz CT molecular complexity index is 328. The second-order valence-corrected chi connectivity index (χ2v) is 4.59. The molecular formula is C15H26N2O. The molecule has 0 aliphatic carbocycles. The largest absolute Gasteiger partial charge is 0.383 e. The second-order valence-electron chi connectivity index (χ2n) is 4.59. The first-order chi connectivity index (χ1) is 8.81. The van der Waals surface area contributed by atoms with Crippen molar-refractivity contribution in [1.82, 2.24) is 5.32 Å². The third-order valence-electron chi connectivity index (χ3n) is 3.21. The monoisotopic (exact) mass is 250 g/mol. The Labute approximate surface area is 111 Å². The Morgan fingerprint density at radius 1 is 1.28 bits per heavy atom. The zero-order chi connectivity index (χ0) is 13.2. The van der Waals surface area contributed by atoms with Gasteiger partial charge < -0.3 is 15.8 Å². The SMILES string of the molecule is CCc1ccccc1CNC(CCCN)COC. The highest BCUT2D eigenvalue weighted by molar-refractivity contribution is 5.26. The van der Waals surface area contributed by atoms with Crippen molar-refractivity contribution in [1.29, 1.82) is 0 Å². The van der Waals surface area contributed by atoms with E-state index in [-0.39, 0.29) is 0 Å². The van der Waals surface area contributed by atoms with Gasteiger partial charge in [-0.2, -0.15) is 0 Å². The summed E-state index contributed by atoms with van der Waals surface area (Å²) in [6.45, 7) is 4.59. The summed E-state index contributed by atoms with van der Waals surface area (Å²) in [6, 6.07) is 8.98. The summed E-state index contributed by atoms with van der Waals surface area (Å²) in [5, 5.41) is 3.57. The van der Waals surface area contributed by atoms with E-state index in [2.05, 4.69) is 36.5 Å². The number of hydrogen-bond acceptors (Lipinski definition) is 3. The van der Waals surface area contributed by atoms with Crippen LogP contribution in [0.15, 0.2) is 24.3 Å². The molecule has 1 rings (SSSR count). The van der Waals surface area contributed by atoms with Crippen LogP contribution in [0.2, 0.25) is 0 Å². The summed E-state index contributed by atoms with van der Waals surface area (Å²) in [6.07, 6.45) is 3.19. The fraction of sp³-hybridized carbons (Fsp3) is 0.600. The van der Waals surface area contributed by atoms with Crippen LogP contribution in [0, 0.1) is 0 Å². The molecule has 3 N–H and O–H groups in total. The van der Waals surface area contributed by atoms with E-state index >= 15 is 0 Å². The van der Waals surface area contributed by atoms with Gasteiger partial charge in [0.25, 0.3) is 0 Å². The van der Waals surface area contributed by atoms with Crippen molar-refractivity contribution < 1.29 is 4.74 Å². The van der Waals surface area contributed by atoms with Crippen LogP contribution in [-0.4, -0.2) is 26.3 Å². The fourth-order valence-electron chi connectivity index (χ4n) is 2.14. The van der Waals surface area contributed by atoms with Gasteiger partial charge in [-0.15, -0.1) is 0 Å². The summed E-state index contributed by atoms with van der Waals surface area (Å²) < 4.78 is 5.24. The second kappa shape index (κ2) is 9.09. The first kappa shape index (κ1) is 15.2. The molecule has 1 aromatic carbocycles. The molecule has 0 saturated carbocycles. The van der Waals surface area contributed by atoms with E-state index in [0.717, 1.165) is 39.0 Å². The molecule has 0 aliphatic rings. The lowest BCUT2D eigenvalue weighted by atomic mass is 10.0. The van der Waals surface area contributed by atoms with Gasteiger partial charge in [0, 0.05) is 19.7 Å². The molecule has 1 atom stereocenters. The number of methoxy groups -OCH3 is 1. The molecule has 3 nitrogen and oxygen atoms in total. The highest BCUT2D eigenvalue weighted by atomic mass is 16.5. The van der Waals surface area contributed by atoms with E-state index in [1.165, 1.54) is 11.1 Å². The van der Waals surface area contributed by atoms with E-state index in [1.54, 1.807) is 7.11 Å². The van der Waals surface area contributed by atoms with E-state index in [0.29, 0.717) is 6.04 Å². The van der Waals surface area contributed by atoms with Crippen molar-refractivity contribution in [2.24, 2.45) is 5.73 Å². The van der Waals surface area contributed by atoms with Crippen LogP contribution in [0.1, 0.15) is 30.9 Å². The van der Waals surface area contributed by atoms with Crippen LogP contribution in [0.5, 0.6) is 0 Å². The van der Waals surface area contributed by atoms with Crippen molar-refractivity contribution >= 4 is 0 Å². The fourth-order valence-corrected chi connectivity index (χ4v) is 2.14. The summed E-state index contributed by atoms with van der Waals surface area (Å²) in [5.74, 6) is 0. The third kappa shape index (κ3) is 5.17.